The van der Waals surface area contributed by atoms with Crippen LogP contribution in [-0.4, -0.2) is 84.9 Å². The molecule has 2 aliphatic heterocycles. The fraction of sp³-hybridized carbons (Fsp3) is 0.333. The maximum atomic E-state index is 13.1. The lowest BCUT2D eigenvalue weighted by Gasteiger charge is -2.36. The van der Waals surface area contributed by atoms with Crippen LogP contribution in [0.2, 0.25) is 0 Å². The minimum Gasteiger partial charge on any atom is -0.368 e. The van der Waals surface area contributed by atoms with Gasteiger partial charge < -0.3 is 24.7 Å². The van der Waals surface area contributed by atoms with E-state index in [1.807, 2.05) is 11.7 Å². The SMILES string of the molecule is C=O.CNC(=O)C(CCC=O)N1C(=O)c2ccc(N3CCN(c4ccc([N+](=O)[O-])cn4)CC3)cc2C1=O. The highest BCUT2D eigenvalue weighted by Gasteiger charge is 2.42. The first kappa shape index (κ1) is 26.9. The Morgan fingerprint density at radius 3 is 2.32 bits per heavy atom. The number of benzene rings is 1. The predicted molar refractivity (Wildman–Crippen MR) is 133 cm³/mol. The molecule has 1 aromatic carbocycles. The number of aldehydes is 1. The summed E-state index contributed by atoms with van der Waals surface area (Å²) < 4.78 is 0. The molecule has 3 heterocycles. The summed E-state index contributed by atoms with van der Waals surface area (Å²) in [6.07, 6.45) is 1.99. The minimum absolute atomic E-state index is 0.0463. The number of pyridine rings is 1. The molecule has 13 heteroatoms. The summed E-state index contributed by atoms with van der Waals surface area (Å²) in [5, 5.41) is 13.3. The van der Waals surface area contributed by atoms with Gasteiger partial charge in [-0.2, -0.15) is 0 Å². The number of carbonyl (C=O) groups is 5. The van der Waals surface area contributed by atoms with Crippen LogP contribution in [0.15, 0.2) is 36.5 Å². The second-order valence-electron chi connectivity index (χ2n) is 8.19. The van der Waals surface area contributed by atoms with E-state index in [1.165, 1.54) is 19.3 Å². The molecule has 13 nitrogen and oxygen atoms in total. The molecule has 0 bridgehead atoms. The van der Waals surface area contributed by atoms with Crippen LogP contribution in [0.3, 0.4) is 0 Å². The second kappa shape index (κ2) is 11.8. The van der Waals surface area contributed by atoms with E-state index >= 15 is 0 Å². The molecule has 1 aromatic heterocycles. The van der Waals surface area contributed by atoms with Crippen molar-refractivity contribution < 1.29 is 28.9 Å². The highest BCUT2D eigenvalue weighted by atomic mass is 16.6. The molecule has 2 aliphatic rings. The van der Waals surface area contributed by atoms with Gasteiger partial charge in [0.1, 0.15) is 31.1 Å². The van der Waals surface area contributed by atoms with E-state index in [2.05, 4.69) is 15.2 Å². The third kappa shape index (κ3) is 5.44. The Balaban J connectivity index is 0.00000186. The van der Waals surface area contributed by atoms with Crippen molar-refractivity contribution in [3.63, 3.8) is 0 Å². The number of imide groups is 1. The van der Waals surface area contributed by atoms with Crippen molar-refractivity contribution in [2.45, 2.75) is 18.9 Å². The van der Waals surface area contributed by atoms with Crippen molar-refractivity contribution in [1.29, 1.82) is 0 Å². The first-order valence-corrected chi connectivity index (χ1v) is 11.4. The molecule has 1 unspecified atom stereocenters. The molecule has 194 valence electrons. The van der Waals surface area contributed by atoms with E-state index in [1.54, 1.807) is 24.3 Å². The van der Waals surface area contributed by atoms with Gasteiger partial charge in [0.15, 0.2) is 0 Å². The van der Waals surface area contributed by atoms with Crippen molar-refractivity contribution in [1.82, 2.24) is 15.2 Å². The van der Waals surface area contributed by atoms with E-state index in [9.17, 15) is 29.3 Å². The van der Waals surface area contributed by atoms with Crippen molar-refractivity contribution >= 4 is 48.0 Å². The molecule has 4 rings (SSSR count). The van der Waals surface area contributed by atoms with E-state index in [4.69, 9.17) is 4.79 Å². The van der Waals surface area contributed by atoms with Gasteiger partial charge in [0, 0.05) is 51.4 Å². The quantitative estimate of drug-likeness (QED) is 0.233. The lowest BCUT2D eigenvalue weighted by molar-refractivity contribution is -0.385. The Morgan fingerprint density at radius 2 is 1.76 bits per heavy atom. The van der Waals surface area contributed by atoms with Gasteiger partial charge >= 0.3 is 0 Å². The molecule has 1 N–H and O–H groups in total. The average Bonchev–Trinajstić information content (AvgIpc) is 3.19. The molecular weight excluding hydrogens is 484 g/mol. The largest absolute Gasteiger partial charge is 0.368 e. The highest BCUT2D eigenvalue weighted by molar-refractivity contribution is 6.23. The van der Waals surface area contributed by atoms with Crippen molar-refractivity contribution in [2.24, 2.45) is 0 Å². The van der Waals surface area contributed by atoms with Gasteiger partial charge in [0.05, 0.1) is 16.1 Å². The summed E-state index contributed by atoms with van der Waals surface area (Å²) in [5.41, 5.74) is 1.16. The zero-order valence-electron chi connectivity index (χ0n) is 20.2. The number of hydrogen-bond donors (Lipinski definition) is 1. The van der Waals surface area contributed by atoms with Gasteiger partial charge in [-0.15, -0.1) is 0 Å². The van der Waals surface area contributed by atoms with E-state index in [0.29, 0.717) is 38.3 Å². The third-order valence-corrected chi connectivity index (χ3v) is 6.23. The fourth-order valence-corrected chi connectivity index (χ4v) is 4.36. The van der Waals surface area contributed by atoms with E-state index < -0.39 is 28.7 Å². The van der Waals surface area contributed by atoms with E-state index in [-0.39, 0.29) is 29.7 Å². The van der Waals surface area contributed by atoms with Crippen LogP contribution >= 0.6 is 0 Å². The molecule has 3 amide bonds. The maximum absolute atomic E-state index is 13.1. The maximum Gasteiger partial charge on any atom is 0.287 e. The number of likely N-dealkylation sites (N-methyl/N-ethyl adjacent to an activating group) is 1. The van der Waals surface area contributed by atoms with E-state index in [0.717, 1.165) is 10.6 Å². The van der Waals surface area contributed by atoms with Gasteiger partial charge in [-0.1, -0.05) is 0 Å². The molecule has 37 heavy (non-hydrogen) atoms. The number of fused-ring (bicyclic) bond motifs is 1. The standard InChI is InChI=1S/C23H24N6O6.CH2O/c1-24-21(31)19(3-2-12-30)28-22(32)17-6-4-15(13-18(17)23(28)33)26-8-10-27(11-9-26)20-7-5-16(14-25-20)29(34)35;1-2/h4-7,12-14,19H,2-3,8-11H2,1H3,(H,24,31);1H2. The summed E-state index contributed by atoms with van der Waals surface area (Å²) in [6, 6.07) is 7.01. The molecule has 1 saturated heterocycles. The number of nitrogens with one attached hydrogen (secondary N) is 1. The number of piperazine rings is 1. The highest BCUT2D eigenvalue weighted by Crippen LogP contribution is 2.30. The normalized spacial score (nSPS) is 15.4. The van der Waals surface area contributed by atoms with Crippen LogP contribution in [0.4, 0.5) is 17.2 Å². The van der Waals surface area contributed by atoms with Gasteiger partial charge in [-0.05, 0) is 30.7 Å². The zero-order chi connectivity index (χ0) is 27.1. The number of amides is 3. The molecule has 1 fully saturated rings. The van der Waals surface area contributed by atoms with Crippen LogP contribution in [-0.2, 0) is 14.4 Å². The number of nitrogens with zero attached hydrogens (tertiary/aromatic N) is 5. The number of aromatic nitrogens is 1. The summed E-state index contributed by atoms with van der Waals surface area (Å²) >= 11 is 0. The summed E-state index contributed by atoms with van der Waals surface area (Å²) in [5.74, 6) is -0.959. The molecule has 1 atom stereocenters. The fourth-order valence-electron chi connectivity index (χ4n) is 4.36. The van der Waals surface area contributed by atoms with Gasteiger partial charge in [-0.25, -0.2) is 4.98 Å². The topological polar surface area (TPSA) is 163 Å². The summed E-state index contributed by atoms with van der Waals surface area (Å²) in [6.45, 7) is 4.46. The van der Waals surface area contributed by atoms with Crippen LogP contribution in [0, 0.1) is 10.1 Å². The average molecular weight is 511 g/mol. The van der Waals surface area contributed by atoms with Crippen molar-refractivity contribution in [2.75, 3.05) is 43.0 Å². The lowest BCUT2D eigenvalue weighted by atomic mass is 10.1. The molecule has 0 spiro atoms. The summed E-state index contributed by atoms with van der Waals surface area (Å²) in [7, 11) is 1.42. The van der Waals surface area contributed by atoms with Gasteiger partial charge in [0.2, 0.25) is 5.91 Å². The Bertz CT molecular complexity index is 1190. The Labute approximate surface area is 212 Å². The van der Waals surface area contributed by atoms with Crippen molar-refractivity contribution in [3.8, 4) is 0 Å². The Kier molecular flexibility index (Phi) is 8.61. The smallest absolute Gasteiger partial charge is 0.287 e. The second-order valence-corrected chi connectivity index (χ2v) is 8.19. The van der Waals surface area contributed by atoms with Gasteiger partial charge in [0.25, 0.3) is 17.5 Å². The molecule has 2 aromatic rings. The zero-order valence-corrected chi connectivity index (χ0v) is 20.2. The van der Waals surface area contributed by atoms with Crippen LogP contribution in [0.1, 0.15) is 33.6 Å². The Hall–Kier alpha value is -4.68. The third-order valence-electron chi connectivity index (χ3n) is 6.23. The summed E-state index contributed by atoms with van der Waals surface area (Å²) in [4.78, 5) is 76.8. The first-order chi connectivity index (χ1) is 17.8. The number of carbonyl (C=O) groups excluding carboxylic acids is 5. The number of nitro groups is 1. The number of rotatable bonds is 8. The number of anilines is 2. The first-order valence-electron chi connectivity index (χ1n) is 11.4. The monoisotopic (exact) mass is 510 g/mol. The van der Waals surface area contributed by atoms with Crippen LogP contribution in [0.25, 0.3) is 0 Å². The Morgan fingerprint density at radius 1 is 1.11 bits per heavy atom. The molecule has 0 aliphatic carbocycles. The predicted octanol–water partition coefficient (Wildman–Crippen LogP) is 0.821. The molecular formula is C24H26N6O7. The van der Waals surface area contributed by atoms with Gasteiger partial charge in [-0.3, -0.25) is 29.4 Å². The molecule has 0 radical (unpaired) electrons. The minimum atomic E-state index is -1.06. The van der Waals surface area contributed by atoms with Crippen molar-refractivity contribution in [3.05, 3.63) is 57.8 Å². The van der Waals surface area contributed by atoms with Crippen LogP contribution < -0.4 is 15.1 Å². The molecule has 0 saturated carbocycles. The van der Waals surface area contributed by atoms with Crippen LogP contribution in [0.5, 0.6) is 0 Å². The number of hydrogen-bond acceptors (Lipinski definition) is 10. The lowest BCUT2D eigenvalue weighted by Crippen LogP contribution is -2.48.